The minimum atomic E-state index is -1.19. The number of rotatable bonds is 19. The fourth-order valence-electron chi connectivity index (χ4n) is 3.25. The van der Waals surface area contributed by atoms with Crippen LogP contribution in [0.2, 0.25) is 0 Å². The van der Waals surface area contributed by atoms with Crippen molar-refractivity contribution < 1.29 is 34.2 Å². The Morgan fingerprint density at radius 1 is 0.714 bits per heavy atom. The molecule has 0 aromatic carbocycles. The number of nitrogens with two attached hydrogens (primary N) is 3. The monoisotopic (exact) mass is 502 g/mol. The lowest BCUT2D eigenvalue weighted by Crippen LogP contribution is -2.58. The van der Waals surface area contributed by atoms with Crippen LogP contribution >= 0.6 is 0 Å². The summed E-state index contributed by atoms with van der Waals surface area (Å²) in [4.78, 5) is 60.5. The van der Waals surface area contributed by atoms with Gasteiger partial charge in [0, 0.05) is 6.42 Å². The van der Waals surface area contributed by atoms with Crippen molar-refractivity contribution in [2.24, 2.45) is 23.1 Å². The highest BCUT2D eigenvalue weighted by Crippen LogP contribution is 2.08. The largest absolute Gasteiger partial charge is 0.481 e. The number of unbranched alkanes of at least 4 members (excludes halogenated alkanes) is 2. The second-order valence-corrected chi connectivity index (χ2v) is 8.80. The normalized spacial score (nSPS) is 14.5. The first-order valence-electron chi connectivity index (χ1n) is 12.0. The van der Waals surface area contributed by atoms with Crippen LogP contribution in [0.25, 0.3) is 0 Å². The first kappa shape index (κ1) is 32.2. The van der Waals surface area contributed by atoms with E-state index >= 15 is 0 Å². The van der Waals surface area contributed by atoms with E-state index in [4.69, 9.17) is 22.3 Å². The smallest absolute Gasteiger partial charge is 0.326 e. The molecule has 13 nitrogen and oxygen atoms in total. The highest BCUT2D eigenvalue weighted by molar-refractivity contribution is 5.94. The Bertz CT molecular complexity index is 704. The molecule has 4 unspecified atom stereocenters. The van der Waals surface area contributed by atoms with Gasteiger partial charge < -0.3 is 43.4 Å². The van der Waals surface area contributed by atoms with Crippen LogP contribution < -0.4 is 33.2 Å². The minimum Gasteiger partial charge on any atom is -0.481 e. The van der Waals surface area contributed by atoms with E-state index in [-0.39, 0.29) is 31.6 Å². The van der Waals surface area contributed by atoms with Gasteiger partial charge in [-0.3, -0.25) is 19.2 Å². The van der Waals surface area contributed by atoms with E-state index < -0.39 is 53.8 Å². The van der Waals surface area contributed by atoms with E-state index in [1.54, 1.807) is 13.8 Å². The summed E-state index contributed by atoms with van der Waals surface area (Å²) < 4.78 is 0. The Hall–Kier alpha value is -2.77. The van der Waals surface area contributed by atoms with Crippen LogP contribution in [0.1, 0.15) is 65.2 Å². The summed E-state index contributed by atoms with van der Waals surface area (Å²) in [6.45, 7) is 4.17. The van der Waals surface area contributed by atoms with Crippen LogP contribution in [0.3, 0.4) is 0 Å². The molecule has 0 radical (unpaired) electrons. The predicted molar refractivity (Wildman–Crippen MR) is 129 cm³/mol. The Kier molecular flexibility index (Phi) is 16.2. The van der Waals surface area contributed by atoms with Crippen LogP contribution in [0.4, 0.5) is 0 Å². The number of carbonyl (C=O) groups excluding carboxylic acids is 3. The average Bonchev–Trinajstić information content (AvgIpc) is 2.78. The molecule has 0 saturated carbocycles. The molecule has 0 aromatic rings. The van der Waals surface area contributed by atoms with E-state index in [1.165, 1.54) is 0 Å². The number of hydrogen-bond acceptors (Lipinski definition) is 8. The highest BCUT2D eigenvalue weighted by Gasteiger charge is 2.31. The SMILES string of the molecule is CC(C)C(NC(=O)C(N)CCC(=O)O)C(=O)NC(CCCCN)C(=O)NC(CCCCN)C(=O)O. The summed E-state index contributed by atoms with van der Waals surface area (Å²) >= 11 is 0. The molecule has 0 aliphatic heterocycles. The van der Waals surface area contributed by atoms with Crippen molar-refractivity contribution in [3.8, 4) is 0 Å². The maximum atomic E-state index is 13.0. The quantitative estimate of drug-likeness (QED) is 0.0963. The molecule has 0 aliphatic carbocycles. The molecule has 0 spiro atoms. The topological polar surface area (TPSA) is 240 Å². The highest BCUT2D eigenvalue weighted by atomic mass is 16.4. The lowest BCUT2D eigenvalue weighted by molar-refractivity contribution is -0.142. The maximum Gasteiger partial charge on any atom is 0.326 e. The van der Waals surface area contributed by atoms with Gasteiger partial charge in [-0.25, -0.2) is 4.79 Å². The minimum absolute atomic E-state index is 0.0988. The van der Waals surface area contributed by atoms with Crippen molar-refractivity contribution in [2.75, 3.05) is 13.1 Å². The maximum absolute atomic E-state index is 13.0. The van der Waals surface area contributed by atoms with Gasteiger partial charge in [0.25, 0.3) is 0 Å². The molecular weight excluding hydrogens is 460 g/mol. The summed E-state index contributed by atoms with van der Waals surface area (Å²) in [5.74, 6) is -4.63. The third-order valence-corrected chi connectivity index (χ3v) is 5.39. The lowest BCUT2D eigenvalue weighted by atomic mass is 10.0. The fraction of sp³-hybridized carbons (Fsp3) is 0.773. The van der Waals surface area contributed by atoms with Gasteiger partial charge in [-0.2, -0.15) is 0 Å². The van der Waals surface area contributed by atoms with Gasteiger partial charge in [0.15, 0.2) is 0 Å². The number of carboxylic acids is 2. The summed E-state index contributed by atoms with van der Waals surface area (Å²) in [5, 5.41) is 25.8. The number of carboxylic acid groups (broad SMARTS) is 2. The van der Waals surface area contributed by atoms with Crippen molar-refractivity contribution in [3.05, 3.63) is 0 Å². The van der Waals surface area contributed by atoms with Crippen LogP contribution in [0.15, 0.2) is 0 Å². The van der Waals surface area contributed by atoms with E-state index in [0.29, 0.717) is 38.8 Å². The molecule has 11 N–H and O–H groups in total. The van der Waals surface area contributed by atoms with Crippen molar-refractivity contribution in [1.82, 2.24) is 16.0 Å². The Morgan fingerprint density at radius 2 is 1.23 bits per heavy atom. The second-order valence-electron chi connectivity index (χ2n) is 8.80. The van der Waals surface area contributed by atoms with Crippen molar-refractivity contribution in [3.63, 3.8) is 0 Å². The van der Waals surface area contributed by atoms with Gasteiger partial charge in [0.1, 0.15) is 18.1 Å². The Balaban J connectivity index is 5.38. The van der Waals surface area contributed by atoms with Gasteiger partial charge in [-0.15, -0.1) is 0 Å². The van der Waals surface area contributed by atoms with E-state index in [0.717, 1.165) is 0 Å². The number of nitrogens with one attached hydrogen (secondary N) is 3. The summed E-state index contributed by atoms with van der Waals surface area (Å²) in [5.41, 5.74) is 16.7. The average molecular weight is 503 g/mol. The standard InChI is InChI=1S/C22H42N6O7/c1-13(2)18(28-19(31)14(25)9-10-17(29)30)21(33)26-15(7-3-5-11-23)20(32)27-16(22(34)35)8-4-6-12-24/h13-16,18H,3-12,23-25H2,1-2H3,(H,26,33)(H,27,32)(H,28,31)(H,29,30)(H,34,35). The van der Waals surface area contributed by atoms with Crippen molar-refractivity contribution in [2.45, 2.75) is 89.4 Å². The zero-order chi connectivity index (χ0) is 27.0. The molecule has 13 heteroatoms. The first-order chi connectivity index (χ1) is 16.4. The first-order valence-corrected chi connectivity index (χ1v) is 12.0. The van der Waals surface area contributed by atoms with E-state index in [2.05, 4.69) is 16.0 Å². The van der Waals surface area contributed by atoms with Crippen molar-refractivity contribution in [1.29, 1.82) is 0 Å². The fourth-order valence-corrected chi connectivity index (χ4v) is 3.25. The summed E-state index contributed by atoms with van der Waals surface area (Å²) in [6.07, 6.45) is 2.26. The lowest BCUT2D eigenvalue weighted by Gasteiger charge is -2.27. The molecule has 0 bridgehead atoms. The third kappa shape index (κ3) is 13.6. The number of hydrogen-bond donors (Lipinski definition) is 8. The summed E-state index contributed by atoms with van der Waals surface area (Å²) in [6, 6.07) is -4.32. The molecule has 202 valence electrons. The molecule has 0 aliphatic rings. The zero-order valence-corrected chi connectivity index (χ0v) is 20.6. The molecular formula is C22H42N6O7. The molecule has 3 amide bonds. The van der Waals surface area contributed by atoms with E-state index in [9.17, 15) is 29.1 Å². The van der Waals surface area contributed by atoms with Crippen LogP contribution in [-0.4, -0.2) is 77.1 Å². The van der Waals surface area contributed by atoms with Gasteiger partial charge in [0.2, 0.25) is 17.7 Å². The molecule has 0 saturated heterocycles. The molecule has 0 rings (SSSR count). The molecule has 0 heterocycles. The number of carbonyl (C=O) groups is 5. The number of amides is 3. The predicted octanol–water partition coefficient (Wildman–Crippen LogP) is -1.37. The second kappa shape index (κ2) is 17.6. The van der Waals surface area contributed by atoms with Crippen LogP contribution in [-0.2, 0) is 24.0 Å². The van der Waals surface area contributed by atoms with Crippen LogP contribution in [0.5, 0.6) is 0 Å². The van der Waals surface area contributed by atoms with Crippen LogP contribution in [0, 0.1) is 5.92 Å². The zero-order valence-electron chi connectivity index (χ0n) is 20.6. The molecule has 0 fully saturated rings. The number of aliphatic carboxylic acids is 2. The van der Waals surface area contributed by atoms with Crippen molar-refractivity contribution >= 4 is 29.7 Å². The van der Waals surface area contributed by atoms with Gasteiger partial charge >= 0.3 is 11.9 Å². The van der Waals surface area contributed by atoms with Gasteiger partial charge in [-0.05, 0) is 64.0 Å². The van der Waals surface area contributed by atoms with Gasteiger partial charge in [0.05, 0.1) is 6.04 Å². The molecule has 35 heavy (non-hydrogen) atoms. The van der Waals surface area contributed by atoms with Gasteiger partial charge in [-0.1, -0.05) is 13.8 Å². The third-order valence-electron chi connectivity index (χ3n) is 5.39. The molecule has 4 atom stereocenters. The summed E-state index contributed by atoms with van der Waals surface area (Å²) in [7, 11) is 0. The Labute approximate surface area is 205 Å². The Morgan fingerprint density at radius 3 is 1.69 bits per heavy atom. The molecule has 0 aromatic heterocycles. The van der Waals surface area contributed by atoms with E-state index in [1.807, 2.05) is 0 Å².